The van der Waals surface area contributed by atoms with E-state index in [-0.39, 0.29) is 0 Å². The average Bonchev–Trinajstić information content (AvgIpc) is 2.53. The van der Waals surface area contributed by atoms with Gasteiger partial charge in [0.15, 0.2) is 0 Å². The Kier molecular flexibility index (Phi) is 4.41. The van der Waals surface area contributed by atoms with Gasteiger partial charge in [-0.25, -0.2) is 9.97 Å². The van der Waals surface area contributed by atoms with Crippen molar-refractivity contribution in [1.29, 1.82) is 0 Å². The Balaban J connectivity index is 2.31. The van der Waals surface area contributed by atoms with E-state index >= 15 is 0 Å². The standard InChI is InChI=1S/C18H14Br2N2/c1-11-12(2)22-18(14-9-6-10-15(19)16(14)20)17(21-11)13-7-4-3-5-8-13/h3-10H,1-2H3. The van der Waals surface area contributed by atoms with E-state index in [1.165, 1.54) is 0 Å². The molecule has 0 unspecified atom stereocenters. The smallest absolute Gasteiger partial charge is 0.0980 e. The first-order valence-electron chi connectivity index (χ1n) is 6.93. The molecule has 0 atom stereocenters. The van der Waals surface area contributed by atoms with Gasteiger partial charge in [-0.05, 0) is 51.8 Å². The Morgan fingerprint density at radius 1 is 0.727 bits per heavy atom. The Morgan fingerprint density at radius 3 is 2.05 bits per heavy atom. The largest absolute Gasteiger partial charge is 0.249 e. The molecule has 3 rings (SSSR count). The molecule has 4 heteroatoms. The van der Waals surface area contributed by atoms with Crippen LogP contribution in [0.1, 0.15) is 11.4 Å². The SMILES string of the molecule is Cc1nc(-c2ccccc2)c(-c2cccc(Br)c2Br)nc1C. The lowest BCUT2D eigenvalue weighted by Crippen LogP contribution is -2.00. The fourth-order valence-corrected chi connectivity index (χ4v) is 3.09. The van der Waals surface area contributed by atoms with Gasteiger partial charge in [0.1, 0.15) is 0 Å². The van der Waals surface area contributed by atoms with Gasteiger partial charge in [-0.2, -0.15) is 0 Å². The number of hydrogen-bond donors (Lipinski definition) is 0. The molecule has 1 heterocycles. The van der Waals surface area contributed by atoms with Gasteiger partial charge in [0.05, 0.1) is 22.8 Å². The van der Waals surface area contributed by atoms with E-state index < -0.39 is 0 Å². The highest BCUT2D eigenvalue weighted by atomic mass is 79.9. The molecule has 1 aromatic heterocycles. The summed E-state index contributed by atoms with van der Waals surface area (Å²) in [5, 5.41) is 0. The van der Waals surface area contributed by atoms with Crippen LogP contribution in [0.15, 0.2) is 57.5 Å². The quantitative estimate of drug-likeness (QED) is 0.514. The van der Waals surface area contributed by atoms with Crippen LogP contribution in [0.2, 0.25) is 0 Å². The van der Waals surface area contributed by atoms with Crippen LogP contribution in [-0.4, -0.2) is 9.97 Å². The highest BCUT2D eigenvalue weighted by Crippen LogP contribution is 2.37. The van der Waals surface area contributed by atoms with E-state index in [1.807, 2.05) is 44.2 Å². The molecule has 3 aromatic rings. The summed E-state index contributed by atoms with van der Waals surface area (Å²) >= 11 is 7.21. The summed E-state index contributed by atoms with van der Waals surface area (Å²) in [5.74, 6) is 0. The van der Waals surface area contributed by atoms with Crippen LogP contribution < -0.4 is 0 Å². The zero-order chi connectivity index (χ0) is 15.7. The number of halogens is 2. The summed E-state index contributed by atoms with van der Waals surface area (Å²) in [6.07, 6.45) is 0. The van der Waals surface area contributed by atoms with Crippen LogP contribution in [0.3, 0.4) is 0 Å². The number of rotatable bonds is 2. The van der Waals surface area contributed by atoms with Gasteiger partial charge in [-0.1, -0.05) is 42.5 Å². The summed E-state index contributed by atoms with van der Waals surface area (Å²) in [7, 11) is 0. The second-order valence-corrected chi connectivity index (χ2v) is 6.71. The Labute approximate surface area is 146 Å². The summed E-state index contributed by atoms with van der Waals surface area (Å²) in [4.78, 5) is 9.60. The molecule has 2 nitrogen and oxygen atoms in total. The van der Waals surface area contributed by atoms with E-state index in [2.05, 4.69) is 50.1 Å². The Hall–Kier alpha value is -1.52. The number of hydrogen-bond acceptors (Lipinski definition) is 2. The van der Waals surface area contributed by atoms with Crippen molar-refractivity contribution in [2.24, 2.45) is 0 Å². The van der Waals surface area contributed by atoms with Crippen LogP contribution in [0.25, 0.3) is 22.5 Å². The summed E-state index contributed by atoms with van der Waals surface area (Å²) in [5.41, 5.74) is 5.80. The van der Waals surface area contributed by atoms with Crippen LogP contribution in [-0.2, 0) is 0 Å². The number of aromatic nitrogens is 2. The average molecular weight is 418 g/mol. The molecular formula is C18H14Br2N2. The van der Waals surface area contributed by atoms with E-state index in [9.17, 15) is 0 Å². The molecule has 110 valence electrons. The first-order chi connectivity index (χ1) is 10.6. The lowest BCUT2D eigenvalue weighted by atomic mass is 10.0. The molecule has 0 N–H and O–H groups in total. The third-order valence-electron chi connectivity index (χ3n) is 3.56. The molecule has 0 amide bonds. The Bertz CT molecular complexity index is 830. The molecule has 0 aliphatic heterocycles. The predicted molar refractivity (Wildman–Crippen MR) is 97.8 cm³/mol. The maximum atomic E-state index is 4.81. The lowest BCUT2D eigenvalue weighted by molar-refractivity contribution is 1.06. The molecule has 0 fully saturated rings. The second-order valence-electron chi connectivity index (χ2n) is 5.06. The van der Waals surface area contributed by atoms with Crippen LogP contribution in [0.5, 0.6) is 0 Å². The lowest BCUT2D eigenvalue weighted by Gasteiger charge is -2.13. The molecule has 0 radical (unpaired) electrons. The minimum absolute atomic E-state index is 0.891. The van der Waals surface area contributed by atoms with Crippen molar-refractivity contribution in [1.82, 2.24) is 9.97 Å². The zero-order valence-corrected chi connectivity index (χ0v) is 15.4. The summed E-state index contributed by atoms with van der Waals surface area (Å²) in [6, 6.07) is 16.2. The van der Waals surface area contributed by atoms with E-state index in [1.54, 1.807) is 0 Å². The van der Waals surface area contributed by atoms with E-state index in [0.29, 0.717) is 0 Å². The van der Waals surface area contributed by atoms with Gasteiger partial charge in [-0.15, -0.1) is 0 Å². The molecule has 0 saturated heterocycles. The first kappa shape index (κ1) is 15.4. The number of benzene rings is 2. The monoisotopic (exact) mass is 416 g/mol. The van der Waals surface area contributed by atoms with E-state index in [0.717, 1.165) is 42.8 Å². The highest BCUT2D eigenvalue weighted by Gasteiger charge is 2.16. The van der Waals surface area contributed by atoms with Crippen molar-refractivity contribution in [3.8, 4) is 22.5 Å². The maximum Gasteiger partial charge on any atom is 0.0980 e. The van der Waals surface area contributed by atoms with Gasteiger partial charge >= 0.3 is 0 Å². The van der Waals surface area contributed by atoms with Crippen molar-refractivity contribution >= 4 is 31.9 Å². The molecule has 0 bridgehead atoms. The number of nitrogens with zero attached hydrogens (tertiary/aromatic N) is 2. The zero-order valence-electron chi connectivity index (χ0n) is 12.3. The molecule has 0 spiro atoms. The van der Waals surface area contributed by atoms with Crippen molar-refractivity contribution in [2.45, 2.75) is 13.8 Å². The minimum Gasteiger partial charge on any atom is -0.249 e. The van der Waals surface area contributed by atoms with Crippen molar-refractivity contribution in [2.75, 3.05) is 0 Å². The number of aryl methyl sites for hydroxylation is 2. The van der Waals surface area contributed by atoms with Crippen molar-refractivity contribution < 1.29 is 0 Å². The van der Waals surface area contributed by atoms with Gasteiger partial charge in [0.25, 0.3) is 0 Å². The first-order valence-corrected chi connectivity index (χ1v) is 8.51. The van der Waals surface area contributed by atoms with Crippen molar-refractivity contribution in [3.63, 3.8) is 0 Å². The fourth-order valence-electron chi connectivity index (χ4n) is 2.27. The van der Waals surface area contributed by atoms with Gasteiger partial charge < -0.3 is 0 Å². The molecule has 0 aliphatic carbocycles. The van der Waals surface area contributed by atoms with Crippen LogP contribution in [0.4, 0.5) is 0 Å². The van der Waals surface area contributed by atoms with Gasteiger partial charge in [-0.3, -0.25) is 0 Å². The summed E-state index contributed by atoms with van der Waals surface area (Å²) < 4.78 is 1.99. The van der Waals surface area contributed by atoms with Crippen LogP contribution >= 0.6 is 31.9 Å². The van der Waals surface area contributed by atoms with E-state index in [4.69, 9.17) is 9.97 Å². The Morgan fingerprint density at radius 2 is 1.36 bits per heavy atom. The maximum absolute atomic E-state index is 4.81. The molecule has 0 saturated carbocycles. The van der Waals surface area contributed by atoms with Crippen LogP contribution in [0, 0.1) is 13.8 Å². The third-order valence-corrected chi connectivity index (χ3v) is 5.61. The second kappa shape index (κ2) is 6.31. The molecular weight excluding hydrogens is 404 g/mol. The molecule has 0 aliphatic rings. The van der Waals surface area contributed by atoms with Gasteiger partial charge in [0, 0.05) is 20.1 Å². The minimum atomic E-state index is 0.891. The topological polar surface area (TPSA) is 25.8 Å². The normalized spacial score (nSPS) is 10.7. The summed E-state index contributed by atoms with van der Waals surface area (Å²) in [6.45, 7) is 3.99. The van der Waals surface area contributed by atoms with Crippen molar-refractivity contribution in [3.05, 3.63) is 68.9 Å². The highest BCUT2D eigenvalue weighted by molar-refractivity contribution is 9.13. The third kappa shape index (κ3) is 2.85. The molecule has 2 aromatic carbocycles. The predicted octanol–water partition coefficient (Wildman–Crippen LogP) is 5.95. The fraction of sp³-hybridized carbons (Fsp3) is 0.111. The van der Waals surface area contributed by atoms with Gasteiger partial charge in [0.2, 0.25) is 0 Å². The molecule has 22 heavy (non-hydrogen) atoms.